The van der Waals surface area contributed by atoms with Crippen molar-refractivity contribution in [2.75, 3.05) is 28.3 Å². The number of quaternary nitrogens is 1. The van der Waals surface area contributed by atoms with Crippen LogP contribution in [0.5, 0.6) is 11.5 Å². The first-order valence-corrected chi connectivity index (χ1v) is 8.95. The molecule has 1 heterocycles. The second kappa shape index (κ2) is 6.74. The van der Waals surface area contributed by atoms with Crippen molar-refractivity contribution in [3.63, 3.8) is 0 Å². The number of nitrogens with zero attached hydrogens (tertiary/aromatic N) is 2. The Labute approximate surface area is 160 Å². The molecule has 0 saturated heterocycles. The van der Waals surface area contributed by atoms with E-state index in [1.54, 1.807) is 20.1 Å². The maximum atomic E-state index is 12.5. The van der Waals surface area contributed by atoms with Gasteiger partial charge < -0.3 is 18.9 Å². The van der Waals surface area contributed by atoms with E-state index >= 15 is 0 Å². The number of carbonyl (C=O) groups is 1. The van der Waals surface area contributed by atoms with Gasteiger partial charge in [-0.3, -0.25) is 4.79 Å². The average Bonchev–Trinajstić information content (AvgIpc) is 2.89. The number of rotatable bonds is 5. The normalized spacial score (nSPS) is 11.8. The number of phenols is 1. The lowest BCUT2D eigenvalue weighted by molar-refractivity contribution is -0.883. The highest BCUT2D eigenvalue weighted by atomic mass is 16.5. The van der Waals surface area contributed by atoms with E-state index in [0.717, 1.165) is 33.6 Å². The second-order valence-corrected chi connectivity index (χ2v) is 7.96. The van der Waals surface area contributed by atoms with Crippen molar-refractivity contribution in [1.82, 2.24) is 4.57 Å². The SMILES string of the molecule is COc1ccc(-n2c(C)c(C(C)=O)c3c(C[N+](C)(C)C)c(O)ccc32)cc1. The molecule has 5 nitrogen and oxygen atoms in total. The Morgan fingerprint density at radius 2 is 1.74 bits per heavy atom. The topological polar surface area (TPSA) is 51.5 Å². The minimum absolute atomic E-state index is 0.00183. The van der Waals surface area contributed by atoms with Crippen LogP contribution in [-0.4, -0.2) is 48.2 Å². The number of hydrogen-bond donors (Lipinski definition) is 1. The van der Waals surface area contributed by atoms with Crippen LogP contribution >= 0.6 is 0 Å². The molecule has 27 heavy (non-hydrogen) atoms. The number of hydrogen-bond acceptors (Lipinski definition) is 3. The van der Waals surface area contributed by atoms with Crippen LogP contribution in [0.2, 0.25) is 0 Å². The third-order valence-corrected chi connectivity index (χ3v) is 4.77. The van der Waals surface area contributed by atoms with Crippen LogP contribution in [0, 0.1) is 6.92 Å². The van der Waals surface area contributed by atoms with Crippen LogP contribution in [0.4, 0.5) is 0 Å². The van der Waals surface area contributed by atoms with Gasteiger partial charge in [0.15, 0.2) is 5.78 Å². The van der Waals surface area contributed by atoms with E-state index in [9.17, 15) is 9.90 Å². The van der Waals surface area contributed by atoms with Gasteiger partial charge in [-0.15, -0.1) is 0 Å². The van der Waals surface area contributed by atoms with E-state index < -0.39 is 0 Å². The van der Waals surface area contributed by atoms with Gasteiger partial charge in [-0.25, -0.2) is 0 Å². The minimum Gasteiger partial charge on any atom is -0.507 e. The molecule has 0 saturated carbocycles. The summed E-state index contributed by atoms with van der Waals surface area (Å²) < 4.78 is 7.98. The number of fused-ring (bicyclic) bond motifs is 1. The summed E-state index contributed by atoms with van der Waals surface area (Å²) in [4.78, 5) is 12.5. The maximum Gasteiger partial charge on any atom is 0.162 e. The predicted molar refractivity (Wildman–Crippen MR) is 108 cm³/mol. The highest BCUT2D eigenvalue weighted by Crippen LogP contribution is 2.37. The summed E-state index contributed by atoms with van der Waals surface area (Å²) in [6.45, 7) is 4.16. The lowest BCUT2D eigenvalue weighted by Gasteiger charge is -2.25. The average molecular weight is 367 g/mol. The number of phenolic OH excluding ortho intramolecular Hbond substituents is 1. The molecule has 0 unspecified atom stereocenters. The number of Topliss-reactive ketones (excluding diaryl/α,β-unsaturated/α-hetero) is 1. The lowest BCUT2D eigenvalue weighted by Crippen LogP contribution is -2.33. The third-order valence-electron chi connectivity index (χ3n) is 4.77. The highest BCUT2D eigenvalue weighted by molar-refractivity contribution is 6.10. The second-order valence-electron chi connectivity index (χ2n) is 7.96. The molecule has 0 amide bonds. The first-order valence-electron chi connectivity index (χ1n) is 8.95. The molecule has 0 radical (unpaired) electrons. The van der Waals surface area contributed by atoms with Crippen molar-refractivity contribution in [3.8, 4) is 17.2 Å². The molecule has 1 aromatic heterocycles. The lowest BCUT2D eigenvalue weighted by atomic mass is 10.0. The number of carbonyl (C=O) groups excluding carboxylic acids is 1. The molecule has 0 atom stereocenters. The molecule has 0 aliphatic carbocycles. The number of ether oxygens (including phenoxy) is 1. The Balaban J connectivity index is 2.37. The summed E-state index contributed by atoms with van der Waals surface area (Å²) >= 11 is 0. The standard InChI is InChI=1S/C22H26N2O3/c1-14-21(15(2)25)22-18(13-24(3,4)5)20(26)12-11-19(22)23(14)16-7-9-17(27-6)10-8-16/h7-12H,13H2,1-6H3/p+1. The van der Waals surface area contributed by atoms with Crippen LogP contribution in [0.25, 0.3) is 16.6 Å². The number of benzene rings is 2. The van der Waals surface area contributed by atoms with E-state index in [0.29, 0.717) is 16.6 Å². The molecule has 3 rings (SSSR count). The van der Waals surface area contributed by atoms with E-state index in [-0.39, 0.29) is 11.5 Å². The summed E-state index contributed by atoms with van der Waals surface area (Å²) in [5.74, 6) is 1.01. The summed E-state index contributed by atoms with van der Waals surface area (Å²) in [7, 11) is 7.84. The van der Waals surface area contributed by atoms with Gasteiger partial charge in [0.1, 0.15) is 18.0 Å². The van der Waals surface area contributed by atoms with Gasteiger partial charge in [-0.2, -0.15) is 0 Å². The van der Waals surface area contributed by atoms with Crippen LogP contribution in [-0.2, 0) is 6.54 Å². The number of aromatic nitrogens is 1. The zero-order valence-corrected chi connectivity index (χ0v) is 16.8. The van der Waals surface area contributed by atoms with E-state index in [1.165, 1.54) is 0 Å². The van der Waals surface area contributed by atoms with Gasteiger partial charge in [0.2, 0.25) is 0 Å². The molecule has 0 bridgehead atoms. The molecule has 0 fully saturated rings. The molecule has 0 aliphatic rings. The molecular formula is C22H27N2O3+. The van der Waals surface area contributed by atoms with Gasteiger partial charge in [0, 0.05) is 22.3 Å². The summed E-state index contributed by atoms with van der Waals surface area (Å²) in [6, 6.07) is 11.4. The largest absolute Gasteiger partial charge is 0.507 e. The molecule has 142 valence electrons. The Morgan fingerprint density at radius 1 is 1.11 bits per heavy atom. The molecular weight excluding hydrogens is 340 g/mol. The number of ketones is 1. The fraction of sp³-hybridized carbons (Fsp3) is 0.318. The van der Waals surface area contributed by atoms with Crippen LogP contribution < -0.4 is 4.74 Å². The molecule has 3 aromatic rings. The quantitative estimate of drug-likeness (QED) is 0.546. The Kier molecular flexibility index (Phi) is 4.74. The Bertz CT molecular complexity index is 1010. The Hall–Kier alpha value is -2.79. The third kappa shape index (κ3) is 3.43. The van der Waals surface area contributed by atoms with Crippen molar-refractivity contribution < 1.29 is 19.1 Å². The van der Waals surface area contributed by atoms with Gasteiger partial charge in [0.25, 0.3) is 0 Å². The molecule has 0 aliphatic heterocycles. The van der Waals surface area contributed by atoms with Gasteiger partial charge in [0.05, 0.1) is 39.3 Å². The van der Waals surface area contributed by atoms with E-state index in [4.69, 9.17) is 4.74 Å². The van der Waals surface area contributed by atoms with E-state index in [1.807, 2.05) is 37.3 Å². The van der Waals surface area contributed by atoms with Gasteiger partial charge >= 0.3 is 0 Å². The van der Waals surface area contributed by atoms with Crippen LogP contribution in [0.15, 0.2) is 36.4 Å². The van der Waals surface area contributed by atoms with Gasteiger partial charge in [-0.05, 0) is 50.2 Å². The highest BCUT2D eigenvalue weighted by Gasteiger charge is 2.25. The molecule has 1 N–H and O–H groups in total. The van der Waals surface area contributed by atoms with Crippen molar-refractivity contribution >= 4 is 16.7 Å². The fourth-order valence-corrected chi connectivity index (χ4v) is 3.69. The first kappa shape index (κ1) is 19.0. The summed E-state index contributed by atoms with van der Waals surface area (Å²) in [6.07, 6.45) is 0. The van der Waals surface area contributed by atoms with Crippen molar-refractivity contribution in [2.24, 2.45) is 0 Å². The summed E-state index contributed by atoms with van der Waals surface area (Å²) in [5.41, 5.74) is 4.22. The zero-order chi connectivity index (χ0) is 19.9. The smallest absolute Gasteiger partial charge is 0.162 e. The zero-order valence-electron chi connectivity index (χ0n) is 16.8. The number of methoxy groups -OCH3 is 1. The monoisotopic (exact) mass is 367 g/mol. The minimum atomic E-state index is -0.00183. The predicted octanol–water partition coefficient (Wildman–Crippen LogP) is 4.06. The summed E-state index contributed by atoms with van der Waals surface area (Å²) in [5, 5.41) is 11.4. The van der Waals surface area contributed by atoms with Crippen LogP contribution in [0.1, 0.15) is 28.5 Å². The fourth-order valence-electron chi connectivity index (χ4n) is 3.69. The molecule has 5 heteroatoms. The first-order chi connectivity index (χ1) is 12.6. The maximum absolute atomic E-state index is 12.5. The number of aromatic hydroxyl groups is 1. The molecule has 2 aromatic carbocycles. The Morgan fingerprint density at radius 3 is 2.26 bits per heavy atom. The van der Waals surface area contributed by atoms with Crippen molar-refractivity contribution in [1.29, 1.82) is 0 Å². The van der Waals surface area contributed by atoms with Crippen molar-refractivity contribution in [2.45, 2.75) is 20.4 Å². The van der Waals surface area contributed by atoms with E-state index in [2.05, 4.69) is 25.7 Å². The molecule has 0 spiro atoms. The van der Waals surface area contributed by atoms with Crippen LogP contribution in [0.3, 0.4) is 0 Å². The van der Waals surface area contributed by atoms with Crippen molar-refractivity contribution in [3.05, 3.63) is 53.2 Å². The van der Waals surface area contributed by atoms with Gasteiger partial charge in [-0.1, -0.05) is 0 Å².